The summed E-state index contributed by atoms with van der Waals surface area (Å²) in [4.78, 5) is 14.9. The Morgan fingerprint density at radius 2 is 1.67 bits per heavy atom. The Hall–Kier alpha value is -1.89. The molecule has 5 nitrogen and oxygen atoms in total. The lowest BCUT2D eigenvalue weighted by atomic mass is 10.0. The topological polar surface area (TPSA) is 66.5 Å². The van der Waals surface area contributed by atoms with Crippen LogP contribution in [0.15, 0.2) is 53.4 Å². The van der Waals surface area contributed by atoms with Crippen molar-refractivity contribution in [1.82, 2.24) is 10.2 Å². The summed E-state index contributed by atoms with van der Waals surface area (Å²) in [5.41, 5.74) is 1.38. The van der Waals surface area contributed by atoms with Gasteiger partial charge >= 0.3 is 0 Å². The number of rotatable bonds is 8. The Balaban J connectivity index is 2.17. The minimum Gasteiger partial charge on any atom is -0.350 e. The molecule has 2 rings (SSSR count). The molecule has 0 heterocycles. The van der Waals surface area contributed by atoms with Crippen LogP contribution in [0.5, 0.6) is 0 Å². The first kappa shape index (κ1) is 21.4. The zero-order valence-corrected chi connectivity index (χ0v) is 17.3. The molecule has 27 heavy (non-hydrogen) atoms. The smallest absolute Gasteiger partial charge is 0.251 e. The van der Waals surface area contributed by atoms with Gasteiger partial charge in [0.25, 0.3) is 5.91 Å². The summed E-state index contributed by atoms with van der Waals surface area (Å²) < 4.78 is 23.1. The molecule has 7 heteroatoms. The van der Waals surface area contributed by atoms with Crippen molar-refractivity contribution in [3.63, 3.8) is 0 Å². The van der Waals surface area contributed by atoms with Crippen LogP contribution in [0, 0.1) is 0 Å². The number of sulfone groups is 1. The molecular weight excluding hydrogens is 384 g/mol. The Bertz CT molecular complexity index is 878. The first-order valence-corrected chi connectivity index (χ1v) is 11.1. The van der Waals surface area contributed by atoms with Crippen LogP contribution in [0.4, 0.5) is 0 Å². The number of nitrogens with one attached hydrogen (secondary N) is 1. The number of carbonyl (C=O) groups is 1. The third-order valence-electron chi connectivity index (χ3n) is 4.52. The number of hydrogen-bond donors (Lipinski definition) is 1. The maximum atomic E-state index is 12.5. The molecule has 2 aromatic carbocycles. The van der Waals surface area contributed by atoms with Crippen molar-refractivity contribution in [3.8, 4) is 0 Å². The van der Waals surface area contributed by atoms with Gasteiger partial charge in [0.2, 0.25) is 0 Å². The molecule has 1 amide bonds. The van der Waals surface area contributed by atoms with Crippen LogP contribution in [-0.4, -0.2) is 45.1 Å². The lowest BCUT2D eigenvalue weighted by Crippen LogP contribution is -2.38. The minimum atomic E-state index is -3.28. The molecule has 0 spiro atoms. The summed E-state index contributed by atoms with van der Waals surface area (Å²) in [6.45, 7) is 6.19. The van der Waals surface area contributed by atoms with E-state index >= 15 is 0 Å². The number of amides is 1. The fraction of sp³-hybridized carbons (Fsp3) is 0.350. The maximum Gasteiger partial charge on any atom is 0.251 e. The van der Waals surface area contributed by atoms with E-state index in [1.807, 2.05) is 24.3 Å². The standard InChI is InChI=1S/C20H25ClN2O3S/c1-4-23(5-2)19(17-8-6-7-9-18(17)21)14-22-20(24)15-10-12-16(13-11-15)27(3,25)26/h6-13,19H,4-5,14H2,1-3H3,(H,22,24). The van der Waals surface area contributed by atoms with Crippen LogP contribution < -0.4 is 5.32 Å². The summed E-state index contributed by atoms with van der Waals surface area (Å²) >= 11 is 6.37. The molecule has 0 saturated carbocycles. The molecule has 0 aromatic heterocycles. The quantitative estimate of drug-likeness (QED) is 0.725. The van der Waals surface area contributed by atoms with E-state index < -0.39 is 9.84 Å². The number of likely N-dealkylation sites (N-methyl/N-ethyl adjacent to an activating group) is 1. The molecule has 1 atom stereocenters. The molecule has 0 radical (unpaired) electrons. The predicted molar refractivity (Wildman–Crippen MR) is 109 cm³/mol. The van der Waals surface area contributed by atoms with E-state index in [2.05, 4.69) is 24.1 Å². The Labute approximate surface area is 166 Å². The van der Waals surface area contributed by atoms with Crippen LogP contribution in [0.25, 0.3) is 0 Å². The number of hydrogen-bond acceptors (Lipinski definition) is 4. The van der Waals surface area contributed by atoms with Gasteiger partial charge in [-0.25, -0.2) is 8.42 Å². The van der Waals surface area contributed by atoms with E-state index in [0.717, 1.165) is 24.9 Å². The summed E-state index contributed by atoms with van der Waals surface area (Å²) in [5.74, 6) is -0.251. The second kappa shape index (κ2) is 9.35. The van der Waals surface area contributed by atoms with E-state index in [9.17, 15) is 13.2 Å². The molecule has 0 fully saturated rings. The molecule has 0 bridgehead atoms. The first-order valence-electron chi connectivity index (χ1n) is 8.84. The average molecular weight is 409 g/mol. The highest BCUT2D eigenvalue weighted by Crippen LogP contribution is 2.27. The average Bonchev–Trinajstić information content (AvgIpc) is 2.65. The van der Waals surface area contributed by atoms with E-state index in [1.165, 1.54) is 24.3 Å². The van der Waals surface area contributed by atoms with Gasteiger partial charge < -0.3 is 5.32 Å². The van der Waals surface area contributed by atoms with Crippen molar-refractivity contribution in [1.29, 1.82) is 0 Å². The number of benzene rings is 2. The van der Waals surface area contributed by atoms with Gasteiger partial charge in [0.05, 0.1) is 10.9 Å². The van der Waals surface area contributed by atoms with Gasteiger partial charge in [-0.3, -0.25) is 9.69 Å². The molecule has 1 N–H and O–H groups in total. The second-order valence-corrected chi connectivity index (χ2v) is 8.69. The minimum absolute atomic E-state index is 0.0482. The zero-order chi connectivity index (χ0) is 20.0. The summed E-state index contributed by atoms with van der Waals surface area (Å²) in [6, 6.07) is 13.5. The second-order valence-electron chi connectivity index (χ2n) is 6.27. The molecular formula is C20H25ClN2O3S. The molecule has 0 aliphatic rings. The molecule has 0 aliphatic heterocycles. The van der Waals surface area contributed by atoms with E-state index in [1.54, 1.807) is 0 Å². The monoisotopic (exact) mass is 408 g/mol. The van der Waals surface area contributed by atoms with Crippen molar-refractivity contribution < 1.29 is 13.2 Å². The van der Waals surface area contributed by atoms with Crippen molar-refractivity contribution in [2.75, 3.05) is 25.9 Å². The van der Waals surface area contributed by atoms with Gasteiger partial charge in [-0.15, -0.1) is 0 Å². The fourth-order valence-corrected chi connectivity index (χ4v) is 3.88. The van der Waals surface area contributed by atoms with Crippen LogP contribution in [-0.2, 0) is 9.84 Å². The van der Waals surface area contributed by atoms with Crippen molar-refractivity contribution in [3.05, 3.63) is 64.7 Å². The summed E-state index contributed by atoms with van der Waals surface area (Å²) in [5, 5.41) is 3.61. The van der Waals surface area contributed by atoms with Gasteiger partial charge in [0.1, 0.15) is 0 Å². The van der Waals surface area contributed by atoms with E-state index in [4.69, 9.17) is 11.6 Å². The Morgan fingerprint density at radius 1 is 1.07 bits per heavy atom. The number of carbonyl (C=O) groups excluding carboxylic acids is 1. The number of halogens is 1. The highest BCUT2D eigenvalue weighted by Gasteiger charge is 2.21. The third-order valence-corrected chi connectivity index (χ3v) is 5.99. The SMILES string of the molecule is CCN(CC)C(CNC(=O)c1ccc(S(C)(=O)=O)cc1)c1ccccc1Cl. The van der Waals surface area contributed by atoms with E-state index in [0.29, 0.717) is 17.1 Å². The highest BCUT2D eigenvalue weighted by molar-refractivity contribution is 7.90. The van der Waals surface area contributed by atoms with Crippen LogP contribution in [0.3, 0.4) is 0 Å². The van der Waals surface area contributed by atoms with Gasteiger partial charge in [-0.1, -0.05) is 43.6 Å². The van der Waals surface area contributed by atoms with Gasteiger partial charge in [0.15, 0.2) is 9.84 Å². The molecule has 2 aromatic rings. The lowest BCUT2D eigenvalue weighted by molar-refractivity contribution is 0.0935. The molecule has 146 valence electrons. The van der Waals surface area contributed by atoms with Crippen molar-refractivity contribution in [2.24, 2.45) is 0 Å². The predicted octanol–water partition coefficient (Wildman–Crippen LogP) is 3.56. The Morgan fingerprint density at radius 3 is 2.19 bits per heavy atom. The fourth-order valence-electron chi connectivity index (χ4n) is 2.99. The lowest BCUT2D eigenvalue weighted by Gasteiger charge is -2.31. The normalized spacial score (nSPS) is 12.8. The Kier molecular flexibility index (Phi) is 7.41. The largest absolute Gasteiger partial charge is 0.350 e. The zero-order valence-electron chi connectivity index (χ0n) is 15.8. The number of nitrogens with zero attached hydrogens (tertiary/aromatic N) is 1. The molecule has 0 aliphatic carbocycles. The van der Waals surface area contributed by atoms with Crippen LogP contribution in [0.1, 0.15) is 35.8 Å². The molecule has 1 unspecified atom stereocenters. The van der Waals surface area contributed by atoms with Crippen molar-refractivity contribution >= 4 is 27.3 Å². The van der Waals surface area contributed by atoms with Crippen LogP contribution >= 0.6 is 11.6 Å². The summed E-state index contributed by atoms with van der Waals surface area (Å²) in [6.07, 6.45) is 1.14. The van der Waals surface area contributed by atoms with Gasteiger partial charge in [-0.2, -0.15) is 0 Å². The van der Waals surface area contributed by atoms with Crippen LogP contribution in [0.2, 0.25) is 5.02 Å². The first-order chi connectivity index (χ1) is 12.8. The maximum absolute atomic E-state index is 12.5. The van der Waals surface area contributed by atoms with E-state index in [-0.39, 0.29) is 16.8 Å². The third kappa shape index (κ3) is 5.54. The van der Waals surface area contributed by atoms with Crippen molar-refractivity contribution in [2.45, 2.75) is 24.8 Å². The van der Waals surface area contributed by atoms with Gasteiger partial charge in [-0.05, 0) is 49.0 Å². The highest BCUT2D eigenvalue weighted by atomic mass is 35.5. The molecule has 0 saturated heterocycles. The summed E-state index contributed by atoms with van der Waals surface area (Å²) in [7, 11) is -3.28. The van der Waals surface area contributed by atoms with Gasteiger partial charge in [0, 0.05) is 23.4 Å².